The van der Waals surface area contributed by atoms with Crippen LogP contribution in [0.3, 0.4) is 0 Å². The number of hydrogen-bond acceptors (Lipinski definition) is 6. The van der Waals surface area contributed by atoms with Crippen LogP contribution in [0.1, 0.15) is 19.8 Å². The van der Waals surface area contributed by atoms with Gasteiger partial charge in [-0.2, -0.15) is 5.10 Å². The molecule has 3 aromatic heterocycles. The largest absolute Gasteiger partial charge is 0.494 e. The quantitative estimate of drug-likeness (QED) is 0.217. The number of anilines is 1. The molecule has 0 fully saturated rings. The summed E-state index contributed by atoms with van der Waals surface area (Å²) in [5, 5.41) is 16.0. The number of unbranched alkanes of at least 4 members (excludes halogenated alkanes) is 1. The summed E-state index contributed by atoms with van der Waals surface area (Å²) in [6, 6.07) is 12.6. The summed E-state index contributed by atoms with van der Waals surface area (Å²) in [4.78, 5) is 12.3. The molecular formula is C25H22F2N6O2S. The number of amides is 1. The molecule has 0 unspecified atom stereocenters. The zero-order chi connectivity index (χ0) is 25.1. The standard InChI is InChI=1S/C25H22F2N6O2S/c1-2-3-12-35-18-7-4-16(5-8-18)20-14-22-24-29-30-25(32(24)10-11-33(22)31-20)36-15-23(34)28-21-13-17(26)6-9-19(21)27/h4-11,13-14H,2-3,12,15H2,1H3,(H,28,34). The molecule has 1 N–H and O–H groups in total. The van der Waals surface area contributed by atoms with Gasteiger partial charge in [-0.3, -0.25) is 9.20 Å². The molecule has 5 aromatic rings. The lowest BCUT2D eigenvalue weighted by Gasteiger charge is -2.06. The Morgan fingerprint density at radius 2 is 1.92 bits per heavy atom. The van der Waals surface area contributed by atoms with Gasteiger partial charge >= 0.3 is 0 Å². The lowest BCUT2D eigenvalue weighted by molar-refractivity contribution is -0.113. The number of carbonyl (C=O) groups excluding carboxylic acids is 1. The first-order valence-electron chi connectivity index (χ1n) is 11.4. The van der Waals surface area contributed by atoms with Crippen LogP contribution in [0.15, 0.2) is 66.1 Å². The second-order valence-electron chi connectivity index (χ2n) is 8.02. The fourth-order valence-electron chi connectivity index (χ4n) is 3.60. The topological polar surface area (TPSA) is 85.8 Å². The Morgan fingerprint density at radius 1 is 1.08 bits per heavy atom. The van der Waals surface area contributed by atoms with Crippen molar-refractivity contribution >= 4 is 34.5 Å². The number of nitrogens with zero attached hydrogens (tertiary/aromatic N) is 5. The van der Waals surface area contributed by atoms with Gasteiger partial charge in [0.05, 0.1) is 23.7 Å². The van der Waals surface area contributed by atoms with Gasteiger partial charge in [0.15, 0.2) is 10.8 Å². The van der Waals surface area contributed by atoms with Crippen molar-refractivity contribution in [3.63, 3.8) is 0 Å². The van der Waals surface area contributed by atoms with Crippen molar-refractivity contribution < 1.29 is 18.3 Å². The Morgan fingerprint density at radius 3 is 2.72 bits per heavy atom. The number of halogens is 2. The highest BCUT2D eigenvalue weighted by Crippen LogP contribution is 2.26. The minimum Gasteiger partial charge on any atom is -0.494 e. The van der Waals surface area contributed by atoms with E-state index in [9.17, 15) is 13.6 Å². The van der Waals surface area contributed by atoms with Gasteiger partial charge in [-0.1, -0.05) is 25.1 Å². The molecule has 1 amide bonds. The van der Waals surface area contributed by atoms with Gasteiger partial charge in [-0.15, -0.1) is 10.2 Å². The fourth-order valence-corrected chi connectivity index (χ4v) is 4.31. The van der Waals surface area contributed by atoms with Crippen molar-refractivity contribution in [2.75, 3.05) is 17.7 Å². The van der Waals surface area contributed by atoms with Crippen LogP contribution in [0, 0.1) is 11.6 Å². The highest BCUT2D eigenvalue weighted by atomic mass is 32.2. The molecule has 0 saturated heterocycles. The van der Waals surface area contributed by atoms with E-state index < -0.39 is 17.5 Å². The van der Waals surface area contributed by atoms with Crippen LogP contribution in [0.25, 0.3) is 22.4 Å². The molecule has 8 nitrogen and oxygen atoms in total. The number of benzene rings is 2. The van der Waals surface area contributed by atoms with Crippen molar-refractivity contribution in [1.29, 1.82) is 0 Å². The smallest absolute Gasteiger partial charge is 0.234 e. The second kappa shape index (κ2) is 10.3. The molecule has 0 aliphatic rings. The molecule has 0 spiro atoms. The van der Waals surface area contributed by atoms with Gasteiger partial charge in [0, 0.05) is 24.0 Å². The Labute approximate surface area is 209 Å². The first kappa shape index (κ1) is 23.7. The number of rotatable bonds is 9. The number of aromatic nitrogens is 5. The Kier molecular flexibility index (Phi) is 6.81. The van der Waals surface area contributed by atoms with Gasteiger partial charge in [0.1, 0.15) is 22.9 Å². The van der Waals surface area contributed by atoms with Gasteiger partial charge in [0.2, 0.25) is 5.91 Å². The zero-order valence-electron chi connectivity index (χ0n) is 19.3. The Balaban J connectivity index is 1.31. The van der Waals surface area contributed by atoms with Crippen molar-refractivity contribution in [3.05, 3.63) is 72.6 Å². The summed E-state index contributed by atoms with van der Waals surface area (Å²) < 4.78 is 36.3. The van der Waals surface area contributed by atoms with E-state index in [2.05, 4.69) is 27.5 Å². The van der Waals surface area contributed by atoms with Crippen LogP contribution in [-0.2, 0) is 4.79 Å². The van der Waals surface area contributed by atoms with Crippen molar-refractivity contribution in [2.24, 2.45) is 0 Å². The summed E-state index contributed by atoms with van der Waals surface area (Å²) >= 11 is 1.13. The molecule has 0 saturated carbocycles. The van der Waals surface area contributed by atoms with E-state index in [4.69, 9.17) is 4.74 Å². The molecule has 3 heterocycles. The molecule has 11 heteroatoms. The maximum atomic E-state index is 13.8. The summed E-state index contributed by atoms with van der Waals surface area (Å²) in [5.74, 6) is -1.07. The fraction of sp³-hybridized carbons (Fsp3) is 0.200. The third kappa shape index (κ3) is 5.01. The summed E-state index contributed by atoms with van der Waals surface area (Å²) in [6.45, 7) is 2.82. The predicted molar refractivity (Wildman–Crippen MR) is 133 cm³/mol. The monoisotopic (exact) mass is 508 g/mol. The molecule has 184 valence electrons. The molecule has 36 heavy (non-hydrogen) atoms. The third-order valence-corrected chi connectivity index (χ3v) is 6.38. The van der Waals surface area contributed by atoms with Gasteiger partial charge in [-0.25, -0.2) is 13.3 Å². The van der Waals surface area contributed by atoms with Crippen LogP contribution < -0.4 is 10.1 Å². The van der Waals surface area contributed by atoms with Gasteiger partial charge in [-0.05, 0) is 48.9 Å². The van der Waals surface area contributed by atoms with Crippen LogP contribution in [0.4, 0.5) is 14.5 Å². The van der Waals surface area contributed by atoms with Gasteiger partial charge < -0.3 is 10.1 Å². The first-order chi connectivity index (χ1) is 17.5. The molecular weight excluding hydrogens is 486 g/mol. The molecule has 2 aromatic carbocycles. The lowest BCUT2D eigenvalue weighted by Crippen LogP contribution is -2.15. The summed E-state index contributed by atoms with van der Waals surface area (Å²) in [7, 11) is 0. The van der Waals surface area contributed by atoms with Crippen LogP contribution >= 0.6 is 11.8 Å². The molecule has 0 bridgehead atoms. The number of carbonyl (C=O) groups is 1. The normalized spacial score (nSPS) is 11.3. The Hall–Kier alpha value is -3.99. The van der Waals surface area contributed by atoms with Crippen LogP contribution in [-0.4, -0.2) is 42.5 Å². The van der Waals surface area contributed by atoms with Gasteiger partial charge in [0.25, 0.3) is 0 Å². The number of thioether (sulfide) groups is 1. The van der Waals surface area contributed by atoms with E-state index in [0.29, 0.717) is 17.4 Å². The van der Waals surface area contributed by atoms with E-state index in [1.807, 2.05) is 30.3 Å². The minimum absolute atomic E-state index is 0.0564. The number of fused-ring (bicyclic) bond motifs is 3. The second-order valence-corrected chi connectivity index (χ2v) is 8.96. The lowest BCUT2D eigenvalue weighted by atomic mass is 10.1. The predicted octanol–water partition coefficient (Wildman–Crippen LogP) is 5.23. The molecule has 0 radical (unpaired) electrons. The molecule has 5 rings (SSSR count). The van der Waals surface area contributed by atoms with E-state index in [1.54, 1.807) is 21.3 Å². The van der Waals surface area contributed by atoms with Crippen molar-refractivity contribution in [1.82, 2.24) is 24.2 Å². The Bertz CT molecular complexity index is 1530. The molecule has 0 aliphatic carbocycles. The van der Waals surface area contributed by atoms with Crippen molar-refractivity contribution in [3.8, 4) is 17.0 Å². The molecule has 0 atom stereocenters. The maximum absolute atomic E-state index is 13.8. The highest BCUT2D eigenvalue weighted by Gasteiger charge is 2.15. The SMILES string of the molecule is CCCCOc1ccc(-c2cc3c4nnc(SCC(=O)Nc5cc(F)ccc5F)n4ccn3n2)cc1. The average Bonchev–Trinajstić information content (AvgIpc) is 3.50. The van der Waals surface area contributed by atoms with E-state index in [-0.39, 0.29) is 11.4 Å². The summed E-state index contributed by atoms with van der Waals surface area (Å²) in [6.07, 6.45) is 5.64. The van der Waals surface area contributed by atoms with E-state index in [0.717, 1.165) is 65.3 Å². The number of ether oxygens (including phenoxy) is 1. The number of hydrogen-bond donors (Lipinski definition) is 1. The summed E-state index contributed by atoms with van der Waals surface area (Å²) in [5.41, 5.74) is 2.84. The average molecular weight is 509 g/mol. The van der Waals surface area contributed by atoms with E-state index >= 15 is 0 Å². The van der Waals surface area contributed by atoms with Crippen LogP contribution in [0.5, 0.6) is 5.75 Å². The zero-order valence-corrected chi connectivity index (χ0v) is 20.1. The maximum Gasteiger partial charge on any atom is 0.234 e. The minimum atomic E-state index is -0.708. The first-order valence-corrected chi connectivity index (χ1v) is 12.3. The van der Waals surface area contributed by atoms with Crippen molar-refractivity contribution in [2.45, 2.75) is 24.9 Å². The number of nitrogens with one attached hydrogen (secondary N) is 1. The van der Waals surface area contributed by atoms with E-state index in [1.165, 1.54) is 0 Å². The van der Waals surface area contributed by atoms with Crippen LogP contribution in [0.2, 0.25) is 0 Å². The highest BCUT2D eigenvalue weighted by molar-refractivity contribution is 7.99. The third-order valence-electron chi connectivity index (χ3n) is 5.44. The molecule has 0 aliphatic heterocycles.